The van der Waals surface area contributed by atoms with Gasteiger partial charge in [0.1, 0.15) is 17.1 Å². The van der Waals surface area contributed by atoms with Gasteiger partial charge in [0.05, 0.1) is 6.54 Å². The van der Waals surface area contributed by atoms with Crippen LogP contribution in [0.5, 0.6) is 0 Å². The van der Waals surface area contributed by atoms with Crippen LogP contribution in [0.3, 0.4) is 0 Å². The lowest BCUT2D eigenvalue weighted by Gasteiger charge is -2.29. The molecule has 27 heavy (non-hydrogen) atoms. The van der Waals surface area contributed by atoms with Crippen molar-refractivity contribution >= 4 is 29.9 Å². The SMILES string of the molecule is CCNC(=NCC(C)(O)c1cc(C)oc1C)NCCC1CCN(C)CC1.I. The predicted molar refractivity (Wildman–Crippen MR) is 122 cm³/mol. The zero-order valence-electron chi connectivity index (χ0n) is 17.5. The number of likely N-dealkylation sites (tertiary alicyclic amines) is 1. The van der Waals surface area contributed by atoms with Crippen molar-refractivity contribution in [3.8, 4) is 0 Å². The van der Waals surface area contributed by atoms with E-state index in [0.29, 0.717) is 0 Å². The maximum atomic E-state index is 10.8. The Labute approximate surface area is 181 Å². The maximum Gasteiger partial charge on any atom is 0.191 e. The van der Waals surface area contributed by atoms with E-state index < -0.39 is 5.60 Å². The van der Waals surface area contributed by atoms with E-state index in [1.165, 1.54) is 25.9 Å². The summed E-state index contributed by atoms with van der Waals surface area (Å²) < 4.78 is 5.55. The molecule has 1 saturated heterocycles. The Balaban J connectivity index is 0.00000364. The van der Waals surface area contributed by atoms with E-state index >= 15 is 0 Å². The molecule has 0 aliphatic carbocycles. The number of aliphatic hydroxyl groups is 1. The van der Waals surface area contributed by atoms with Gasteiger partial charge >= 0.3 is 0 Å². The molecule has 0 bridgehead atoms. The standard InChI is InChI=1S/C20H36N4O2.HI/c1-6-21-19(22-10-7-17-8-11-24(5)12-9-17)23-14-20(4,25)18-13-15(2)26-16(18)3;/h13,17,25H,6-12,14H2,1-5H3,(H2,21,22,23);1H. The second-order valence-corrected chi connectivity index (χ2v) is 7.76. The van der Waals surface area contributed by atoms with Crippen molar-refractivity contribution in [1.82, 2.24) is 15.5 Å². The number of furan rings is 1. The van der Waals surface area contributed by atoms with Crippen LogP contribution in [0.2, 0.25) is 0 Å². The van der Waals surface area contributed by atoms with Crippen molar-refractivity contribution in [2.24, 2.45) is 10.9 Å². The van der Waals surface area contributed by atoms with Crippen molar-refractivity contribution in [3.05, 3.63) is 23.2 Å². The molecule has 1 aromatic rings. The first-order valence-electron chi connectivity index (χ1n) is 9.82. The number of guanidine groups is 1. The minimum absolute atomic E-state index is 0. The van der Waals surface area contributed by atoms with Crippen LogP contribution >= 0.6 is 24.0 Å². The van der Waals surface area contributed by atoms with E-state index in [2.05, 4.69) is 34.5 Å². The third kappa shape index (κ3) is 7.62. The number of rotatable bonds is 7. The molecule has 0 saturated carbocycles. The first-order valence-corrected chi connectivity index (χ1v) is 9.82. The van der Waals surface area contributed by atoms with Crippen LogP contribution in [-0.4, -0.2) is 55.7 Å². The van der Waals surface area contributed by atoms with Crippen molar-refractivity contribution in [1.29, 1.82) is 0 Å². The van der Waals surface area contributed by atoms with Crippen molar-refractivity contribution in [2.45, 2.75) is 52.6 Å². The number of aryl methyl sites for hydroxylation is 2. The maximum absolute atomic E-state index is 10.8. The van der Waals surface area contributed by atoms with Crippen LogP contribution in [0.25, 0.3) is 0 Å². The molecule has 1 aliphatic rings. The molecule has 0 spiro atoms. The molecule has 7 heteroatoms. The molecule has 1 atom stereocenters. The third-order valence-electron chi connectivity index (χ3n) is 5.19. The van der Waals surface area contributed by atoms with E-state index in [4.69, 9.17) is 4.42 Å². The van der Waals surface area contributed by atoms with Crippen LogP contribution in [-0.2, 0) is 5.60 Å². The minimum atomic E-state index is -1.04. The summed E-state index contributed by atoms with van der Waals surface area (Å²) >= 11 is 0. The molecular weight excluding hydrogens is 455 g/mol. The summed E-state index contributed by atoms with van der Waals surface area (Å²) in [5, 5.41) is 17.5. The lowest BCUT2D eigenvalue weighted by atomic mass is 9.94. The van der Waals surface area contributed by atoms with Gasteiger partial charge in [-0.05, 0) is 79.1 Å². The van der Waals surface area contributed by atoms with E-state index in [0.717, 1.165) is 48.5 Å². The molecule has 6 nitrogen and oxygen atoms in total. The highest BCUT2D eigenvalue weighted by atomic mass is 127. The van der Waals surface area contributed by atoms with Crippen LogP contribution < -0.4 is 10.6 Å². The number of nitrogens with one attached hydrogen (secondary N) is 2. The van der Waals surface area contributed by atoms with Gasteiger partial charge in [-0.15, -0.1) is 24.0 Å². The van der Waals surface area contributed by atoms with Crippen LogP contribution in [0.15, 0.2) is 15.5 Å². The van der Waals surface area contributed by atoms with Gasteiger partial charge in [0.25, 0.3) is 0 Å². The zero-order valence-corrected chi connectivity index (χ0v) is 19.8. The Hall–Kier alpha value is -0.800. The Kier molecular flexibility index (Phi) is 10.1. The van der Waals surface area contributed by atoms with Gasteiger partial charge < -0.3 is 25.1 Å². The van der Waals surface area contributed by atoms with Gasteiger partial charge in [-0.1, -0.05) is 0 Å². The lowest BCUT2D eigenvalue weighted by molar-refractivity contribution is 0.0657. The van der Waals surface area contributed by atoms with Gasteiger partial charge in [-0.2, -0.15) is 0 Å². The number of piperidine rings is 1. The number of aliphatic imine (C=N–C) groups is 1. The summed E-state index contributed by atoms with van der Waals surface area (Å²) in [6, 6.07) is 1.89. The smallest absolute Gasteiger partial charge is 0.191 e. The second-order valence-electron chi connectivity index (χ2n) is 7.76. The monoisotopic (exact) mass is 492 g/mol. The molecular formula is C20H37IN4O2. The molecule has 2 rings (SSSR count). The summed E-state index contributed by atoms with van der Waals surface area (Å²) in [5.74, 6) is 3.12. The lowest BCUT2D eigenvalue weighted by Crippen LogP contribution is -2.40. The van der Waals surface area contributed by atoms with E-state index in [9.17, 15) is 5.11 Å². The number of halogens is 1. The van der Waals surface area contributed by atoms with Crippen molar-refractivity contribution in [2.75, 3.05) is 39.8 Å². The van der Waals surface area contributed by atoms with Gasteiger partial charge in [-0.3, -0.25) is 0 Å². The number of hydrogen-bond donors (Lipinski definition) is 3. The summed E-state index contributed by atoms with van der Waals surface area (Å²) in [4.78, 5) is 7.00. The first-order chi connectivity index (χ1) is 12.3. The fraction of sp³-hybridized carbons (Fsp3) is 0.750. The van der Waals surface area contributed by atoms with Gasteiger partial charge in [-0.25, -0.2) is 4.99 Å². The second kappa shape index (κ2) is 11.3. The average molecular weight is 492 g/mol. The molecule has 1 fully saturated rings. The fourth-order valence-corrected chi connectivity index (χ4v) is 3.57. The summed E-state index contributed by atoms with van der Waals surface area (Å²) in [6.45, 7) is 12.0. The Morgan fingerprint density at radius 3 is 2.56 bits per heavy atom. The van der Waals surface area contributed by atoms with Crippen LogP contribution in [0, 0.1) is 19.8 Å². The number of nitrogens with zero attached hydrogens (tertiary/aromatic N) is 2. The van der Waals surface area contributed by atoms with Gasteiger partial charge in [0, 0.05) is 18.7 Å². The number of hydrogen-bond acceptors (Lipinski definition) is 4. The van der Waals surface area contributed by atoms with Crippen molar-refractivity contribution < 1.29 is 9.52 Å². The van der Waals surface area contributed by atoms with Crippen LogP contribution in [0.4, 0.5) is 0 Å². The highest BCUT2D eigenvalue weighted by Crippen LogP contribution is 2.27. The van der Waals surface area contributed by atoms with Crippen molar-refractivity contribution in [3.63, 3.8) is 0 Å². The molecule has 0 aromatic carbocycles. The van der Waals surface area contributed by atoms with Gasteiger partial charge in [0.2, 0.25) is 0 Å². The molecule has 0 radical (unpaired) electrons. The van der Waals surface area contributed by atoms with Gasteiger partial charge in [0.15, 0.2) is 5.96 Å². The topological polar surface area (TPSA) is 73.0 Å². The molecule has 1 unspecified atom stereocenters. The predicted octanol–water partition coefficient (Wildman–Crippen LogP) is 3.01. The fourth-order valence-electron chi connectivity index (χ4n) is 3.57. The molecule has 1 aliphatic heterocycles. The van der Waals surface area contributed by atoms with Crippen LogP contribution in [0.1, 0.15) is 50.2 Å². The Morgan fingerprint density at radius 1 is 1.33 bits per heavy atom. The molecule has 3 N–H and O–H groups in total. The highest BCUT2D eigenvalue weighted by molar-refractivity contribution is 14.0. The Bertz CT molecular complexity index is 593. The van der Waals surface area contributed by atoms with E-state index in [1.54, 1.807) is 6.92 Å². The summed E-state index contributed by atoms with van der Waals surface area (Å²) in [7, 11) is 2.19. The quantitative estimate of drug-likeness (QED) is 0.310. The highest BCUT2D eigenvalue weighted by Gasteiger charge is 2.27. The third-order valence-corrected chi connectivity index (χ3v) is 5.19. The normalized spacial score (nSPS) is 18.7. The van der Waals surface area contributed by atoms with E-state index in [-0.39, 0.29) is 30.5 Å². The minimum Gasteiger partial charge on any atom is -0.466 e. The molecule has 156 valence electrons. The zero-order chi connectivity index (χ0) is 19.2. The summed E-state index contributed by atoms with van der Waals surface area (Å²) in [6.07, 6.45) is 3.72. The van der Waals surface area contributed by atoms with E-state index in [1.807, 2.05) is 19.9 Å². The molecule has 0 amide bonds. The largest absolute Gasteiger partial charge is 0.466 e. The Morgan fingerprint density at radius 2 is 2.00 bits per heavy atom. The first kappa shape index (κ1) is 24.2. The molecule has 1 aromatic heterocycles. The summed E-state index contributed by atoms with van der Waals surface area (Å²) in [5.41, 5.74) is -0.237. The molecule has 2 heterocycles. The average Bonchev–Trinajstić information content (AvgIpc) is 2.94.